The predicted molar refractivity (Wildman–Crippen MR) is 97.1 cm³/mol. The van der Waals surface area contributed by atoms with E-state index >= 15 is 0 Å². The van der Waals surface area contributed by atoms with Gasteiger partial charge in [0.2, 0.25) is 5.91 Å². The molecular formula is C20H19N3O2. The molecule has 126 valence electrons. The normalized spacial score (nSPS) is 11.9. The largest absolute Gasteiger partial charge is 0.368 e. The van der Waals surface area contributed by atoms with Gasteiger partial charge in [0.05, 0.1) is 11.1 Å². The minimum absolute atomic E-state index is 0.338. The Hall–Kier alpha value is -3.21. The Bertz CT molecular complexity index is 914. The second-order valence-corrected chi connectivity index (χ2v) is 5.99. The van der Waals surface area contributed by atoms with Crippen molar-refractivity contribution in [2.24, 2.45) is 5.73 Å². The number of fused-ring (bicyclic) bond motifs is 1. The van der Waals surface area contributed by atoms with Crippen molar-refractivity contribution in [3.63, 3.8) is 0 Å². The topological polar surface area (TPSA) is 85.1 Å². The van der Waals surface area contributed by atoms with E-state index in [0.717, 1.165) is 22.0 Å². The number of amides is 2. The van der Waals surface area contributed by atoms with Crippen LogP contribution in [0.25, 0.3) is 10.9 Å². The third-order valence-electron chi connectivity index (χ3n) is 4.10. The van der Waals surface area contributed by atoms with Crippen LogP contribution >= 0.6 is 0 Å². The van der Waals surface area contributed by atoms with Gasteiger partial charge in [-0.1, -0.05) is 48.0 Å². The smallest absolute Gasteiger partial charge is 0.252 e. The maximum atomic E-state index is 12.7. The lowest BCUT2D eigenvalue weighted by Gasteiger charge is -2.16. The van der Waals surface area contributed by atoms with Gasteiger partial charge in [0.1, 0.15) is 6.04 Å². The zero-order chi connectivity index (χ0) is 17.8. The highest BCUT2D eigenvalue weighted by Crippen LogP contribution is 2.16. The number of nitrogens with zero attached hydrogens (tertiary/aromatic N) is 1. The fourth-order valence-corrected chi connectivity index (χ4v) is 2.71. The first-order chi connectivity index (χ1) is 12.0. The first-order valence-electron chi connectivity index (χ1n) is 8.04. The molecule has 3 aromatic rings. The summed E-state index contributed by atoms with van der Waals surface area (Å²) in [5.74, 6) is -0.901. The van der Waals surface area contributed by atoms with Crippen molar-refractivity contribution in [2.75, 3.05) is 0 Å². The molecule has 0 fully saturated rings. The minimum atomic E-state index is -0.776. The molecule has 3 rings (SSSR count). The molecule has 2 amide bonds. The van der Waals surface area contributed by atoms with E-state index in [1.807, 2.05) is 55.5 Å². The number of aryl methyl sites for hydroxylation is 1. The molecule has 0 radical (unpaired) electrons. The molecule has 5 nitrogen and oxygen atoms in total. The van der Waals surface area contributed by atoms with Gasteiger partial charge in [-0.05, 0) is 24.6 Å². The standard InChI is InChI=1S/C20H19N3O2/c1-13-6-8-14(9-7-13)12-18(19(21)24)23-20(25)16-10-11-22-17-5-3-2-4-15(16)17/h2-11,18H,12H2,1H3,(H2,21,24)(H,23,25)/t18-/m1/s1. The summed E-state index contributed by atoms with van der Waals surface area (Å²) < 4.78 is 0. The molecule has 0 saturated carbocycles. The maximum absolute atomic E-state index is 12.7. The van der Waals surface area contributed by atoms with Crippen molar-refractivity contribution in [3.8, 4) is 0 Å². The molecule has 1 heterocycles. The van der Waals surface area contributed by atoms with Crippen LogP contribution in [0.15, 0.2) is 60.8 Å². The van der Waals surface area contributed by atoms with Gasteiger partial charge in [-0.2, -0.15) is 0 Å². The van der Waals surface area contributed by atoms with Crippen molar-refractivity contribution in [1.29, 1.82) is 0 Å². The van der Waals surface area contributed by atoms with Gasteiger partial charge < -0.3 is 11.1 Å². The summed E-state index contributed by atoms with van der Waals surface area (Å²) in [5.41, 5.74) is 8.76. The van der Waals surface area contributed by atoms with E-state index in [1.54, 1.807) is 12.3 Å². The lowest BCUT2D eigenvalue weighted by molar-refractivity contribution is -0.119. The molecule has 0 aliphatic rings. The number of nitrogens with two attached hydrogens (primary N) is 1. The van der Waals surface area contributed by atoms with E-state index < -0.39 is 11.9 Å². The first-order valence-corrected chi connectivity index (χ1v) is 8.04. The zero-order valence-corrected chi connectivity index (χ0v) is 13.9. The Kier molecular flexibility index (Phi) is 4.75. The van der Waals surface area contributed by atoms with Gasteiger partial charge in [-0.3, -0.25) is 14.6 Å². The number of para-hydroxylation sites is 1. The van der Waals surface area contributed by atoms with Crippen molar-refractivity contribution >= 4 is 22.7 Å². The zero-order valence-electron chi connectivity index (χ0n) is 13.9. The predicted octanol–water partition coefficient (Wildman–Crippen LogP) is 2.37. The summed E-state index contributed by atoms with van der Waals surface area (Å²) in [6, 6.07) is 16.0. The number of pyridine rings is 1. The first kappa shape index (κ1) is 16.6. The molecular weight excluding hydrogens is 314 g/mol. The van der Waals surface area contributed by atoms with E-state index in [0.29, 0.717) is 12.0 Å². The Labute approximate surface area is 145 Å². The molecule has 25 heavy (non-hydrogen) atoms. The summed E-state index contributed by atoms with van der Waals surface area (Å²) >= 11 is 0. The summed E-state index contributed by atoms with van der Waals surface area (Å²) in [6.45, 7) is 1.99. The minimum Gasteiger partial charge on any atom is -0.368 e. The van der Waals surface area contributed by atoms with E-state index in [9.17, 15) is 9.59 Å². The van der Waals surface area contributed by atoms with Crippen LogP contribution in [-0.2, 0) is 11.2 Å². The van der Waals surface area contributed by atoms with E-state index in [-0.39, 0.29) is 5.91 Å². The van der Waals surface area contributed by atoms with Crippen molar-refractivity contribution in [2.45, 2.75) is 19.4 Å². The highest BCUT2D eigenvalue weighted by molar-refractivity contribution is 6.07. The van der Waals surface area contributed by atoms with Crippen molar-refractivity contribution in [3.05, 3.63) is 77.5 Å². The lowest BCUT2D eigenvalue weighted by atomic mass is 10.0. The Morgan fingerprint density at radius 1 is 1.08 bits per heavy atom. The van der Waals surface area contributed by atoms with Crippen LogP contribution in [0, 0.1) is 6.92 Å². The van der Waals surface area contributed by atoms with Crippen LogP contribution in [0.3, 0.4) is 0 Å². The van der Waals surface area contributed by atoms with Crippen LogP contribution < -0.4 is 11.1 Å². The van der Waals surface area contributed by atoms with Crippen LogP contribution in [0.2, 0.25) is 0 Å². The van der Waals surface area contributed by atoms with Crippen LogP contribution in [0.1, 0.15) is 21.5 Å². The molecule has 0 spiro atoms. The lowest BCUT2D eigenvalue weighted by Crippen LogP contribution is -2.45. The molecule has 0 aliphatic carbocycles. The molecule has 3 N–H and O–H groups in total. The number of primary amides is 1. The molecule has 0 unspecified atom stereocenters. The third kappa shape index (κ3) is 3.83. The Morgan fingerprint density at radius 3 is 2.52 bits per heavy atom. The number of carbonyl (C=O) groups is 2. The van der Waals surface area contributed by atoms with Gasteiger partial charge in [0.25, 0.3) is 5.91 Å². The van der Waals surface area contributed by atoms with Crippen molar-refractivity contribution in [1.82, 2.24) is 10.3 Å². The van der Waals surface area contributed by atoms with Gasteiger partial charge in [-0.15, -0.1) is 0 Å². The van der Waals surface area contributed by atoms with Gasteiger partial charge in [0.15, 0.2) is 0 Å². The number of rotatable bonds is 5. The Morgan fingerprint density at radius 2 is 1.80 bits per heavy atom. The van der Waals surface area contributed by atoms with E-state index in [2.05, 4.69) is 10.3 Å². The number of hydrogen-bond acceptors (Lipinski definition) is 3. The average molecular weight is 333 g/mol. The summed E-state index contributed by atoms with van der Waals surface area (Å²) in [7, 11) is 0. The fourth-order valence-electron chi connectivity index (χ4n) is 2.71. The van der Waals surface area contributed by atoms with Crippen molar-refractivity contribution < 1.29 is 9.59 Å². The fraction of sp³-hybridized carbons (Fsp3) is 0.150. The van der Waals surface area contributed by atoms with Crippen LogP contribution in [-0.4, -0.2) is 22.8 Å². The molecule has 0 saturated heterocycles. The van der Waals surface area contributed by atoms with Crippen LogP contribution in [0.4, 0.5) is 0 Å². The number of hydrogen-bond donors (Lipinski definition) is 2. The van der Waals surface area contributed by atoms with Gasteiger partial charge >= 0.3 is 0 Å². The summed E-state index contributed by atoms with van der Waals surface area (Å²) in [6.07, 6.45) is 1.93. The average Bonchev–Trinajstić information content (AvgIpc) is 2.62. The quantitative estimate of drug-likeness (QED) is 0.752. The number of aromatic nitrogens is 1. The van der Waals surface area contributed by atoms with E-state index in [1.165, 1.54) is 0 Å². The second-order valence-electron chi connectivity index (χ2n) is 5.99. The maximum Gasteiger partial charge on any atom is 0.252 e. The number of carbonyl (C=O) groups excluding carboxylic acids is 2. The molecule has 1 aromatic heterocycles. The molecule has 0 bridgehead atoms. The molecule has 2 aromatic carbocycles. The molecule has 5 heteroatoms. The number of nitrogens with one attached hydrogen (secondary N) is 1. The summed E-state index contributed by atoms with van der Waals surface area (Å²) in [5, 5.41) is 3.48. The highest BCUT2D eigenvalue weighted by Gasteiger charge is 2.20. The third-order valence-corrected chi connectivity index (χ3v) is 4.10. The molecule has 1 atom stereocenters. The Balaban J connectivity index is 1.83. The second kappa shape index (κ2) is 7.13. The van der Waals surface area contributed by atoms with E-state index in [4.69, 9.17) is 5.73 Å². The van der Waals surface area contributed by atoms with Gasteiger partial charge in [-0.25, -0.2) is 0 Å². The highest BCUT2D eigenvalue weighted by atomic mass is 16.2. The van der Waals surface area contributed by atoms with Crippen LogP contribution in [0.5, 0.6) is 0 Å². The van der Waals surface area contributed by atoms with Gasteiger partial charge in [0, 0.05) is 18.0 Å². The monoisotopic (exact) mass is 333 g/mol. The molecule has 0 aliphatic heterocycles. The number of benzene rings is 2. The SMILES string of the molecule is Cc1ccc(C[C@@H](NC(=O)c2ccnc3ccccc23)C(N)=O)cc1. The summed E-state index contributed by atoms with van der Waals surface area (Å²) in [4.78, 5) is 28.7.